The molecule has 4 heterocycles. The van der Waals surface area contributed by atoms with E-state index in [1.165, 1.54) is 0 Å². The van der Waals surface area contributed by atoms with Crippen LogP contribution in [0.5, 0.6) is 0 Å². The molecular weight excluding hydrogens is 468 g/mol. The largest absolute Gasteiger partial charge is 0.450 e. The summed E-state index contributed by atoms with van der Waals surface area (Å²) in [5, 5.41) is 10.3. The van der Waals surface area contributed by atoms with Crippen molar-refractivity contribution in [1.82, 2.24) is 19.9 Å². The number of nitrogens with zero attached hydrogens (tertiary/aromatic N) is 4. The topological polar surface area (TPSA) is 92.3 Å². The van der Waals surface area contributed by atoms with Gasteiger partial charge in [0.05, 0.1) is 22.0 Å². The van der Waals surface area contributed by atoms with Crippen LogP contribution < -0.4 is 10.6 Å². The number of anilines is 2. The first-order valence-corrected chi connectivity index (χ1v) is 13.1. The molecule has 0 saturated heterocycles. The normalized spacial score (nSPS) is 11.2. The third kappa shape index (κ3) is 5.52. The second-order valence-electron chi connectivity index (χ2n) is 7.40. The Kier molecular flexibility index (Phi) is 8.04. The van der Waals surface area contributed by atoms with Gasteiger partial charge in [-0.05, 0) is 42.9 Å². The number of likely N-dealkylation sites (N-methyl/N-ethyl adjacent to an activating group) is 1. The van der Waals surface area contributed by atoms with Gasteiger partial charge in [0.2, 0.25) is 0 Å². The highest BCUT2D eigenvalue weighted by molar-refractivity contribution is 7.14. The molecule has 0 spiro atoms. The Bertz CT molecular complexity index is 1220. The molecule has 4 rings (SSSR count). The van der Waals surface area contributed by atoms with E-state index < -0.39 is 6.09 Å². The smallest absolute Gasteiger partial charge is 0.412 e. The highest BCUT2D eigenvalue weighted by Crippen LogP contribution is 2.36. The Morgan fingerprint density at radius 1 is 1.00 bits per heavy atom. The molecule has 1 amide bonds. The molecule has 34 heavy (non-hydrogen) atoms. The molecule has 0 unspecified atom stereocenters. The molecule has 4 aromatic rings. The van der Waals surface area contributed by atoms with E-state index in [-0.39, 0.29) is 6.61 Å². The summed E-state index contributed by atoms with van der Waals surface area (Å²) in [7, 11) is 0. The minimum atomic E-state index is -0.551. The number of carbonyl (C=O) groups excluding carboxylic acids is 1. The summed E-state index contributed by atoms with van der Waals surface area (Å²) in [6.07, 6.45) is -0.551. The first-order chi connectivity index (χ1) is 16.6. The molecule has 178 valence electrons. The first-order valence-electron chi connectivity index (χ1n) is 11.3. The maximum atomic E-state index is 12.1. The molecule has 0 radical (unpaired) electrons. The van der Waals surface area contributed by atoms with E-state index in [1.807, 2.05) is 29.0 Å². The van der Waals surface area contributed by atoms with E-state index in [2.05, 4.69) is 40.4 Å². The Labute approximate surface area is 207 Å². The van der Waals surface area contributed by atoms with E-state index in [1.54, 1.807) is 35.7 Å². The molecule has 0 saturated carbocycles. The van der Waals surface area contributed by atoms with Crippen molar-refractivity contribution in [3.05, 3.63) is 41.1 Å². The van der Waals surface area contributed by atoms with Crippen molar-refractivity contribution < 1.29 is 9.53 Å². The van der Waals surface area contributed by atoms with Crippen LogP contribution in [0.4, 0.5) is 16.3 Å². The number of ether oxygens (including phenoxy) is 1. The van der Waals surface area contributed by atoms with Gasteiger partial charge in [0.1, 0.15) is 22.7 Å². The summed E-state index contributed by atoms with van der Waals surface area (Å²) >= 11 is 3.23. The Morgan fingerprint density at radius 2 is 1.68 bits per heavy atom. The molecule has 0 fully saturated rings. The number of nitrogens with one attached hydrogen (secondary N) is 2. The third-order valence-electron chi connectivity index (χ3n) is 5.29. The minimum Gasteiger partial charge on any atom is -0.450 e. The molecular formula is C24H28N6O2S2. The maximum Gasteiger partial charge on any atom is 0.412 e. The van der Waals surface area contributed by atoms with Crippen LogP contribution in [0.1, 0.15) is 20.8 Å². The fourth-order valence-corrected chi connectivity index (χ4v) is 5.00. The number of hydrogen-bond donors (Lipinski definition) is 2. The number of thiophene rings is 2. The second-order valence-corrected chi connectivity index (χ2v) is 9.30. The van der Waals surface area contributed by atoms with Crippen molar-refractivity contribution in [1.29, 1.82) is 0 Å². The van der Waals surface area contributed by atoms with Gasteiger partial charge < -0.3 is 15.0 Å². The second kappa shape index (κ2) is 11.4. The van der Waals surface area contributed by atoms with Gasteiger partial charge in [-0.25, -0.2) is 19.7 Å². The standard InChI is InChI=1S/C24H28N6O2S2/c1-4-30(5-2)12-11-25-16-15-19(27-24(31)32-6-3)26-23-20(16)28-21(17-9-7-13-33-17)22(29-23)18-10-8-14-34-18/h7-10,13-15H,4-6,11-12H2,1-3H3,(H2,25,26,27,29,31). The summed E-state index contributed by atoms with van der Waals surface area (Å²) < 4.78 is 5.04. The average molecular weight is 497 g/mol. The molecule has 4 aromatic heterocycles. The molecule has 0 aromatic carbocycles. The molecule has 0 bridgehead atoms. The molecule has 2 N–H and O–H groups in total. The van der Waals surface area contributed by atoms with Crippen LogP contribution in [-0.2, 0) is 4.74 Å². The lowest BCUT2D eigenvalue weighted by atomic mass is 10.2. The van der Waals surface area contributed by atoms with Crippen molar-refractivity contribution in [3.63, 3.8) is 0 Å². The number of hydrogen-bond acceptors (Lipinski definition) is 9. The first kappa shape index (κ1) is 24.1. The number of rotatable bonds is 10. The van der Waals surface area contributed by atoms with Gasteiger partial charge in [0.15, 0.2) is 5.65 Å². The number of fused-ring (bicyclic) bond motifs is 1. The van der Waals surface area contributed by atoms with E-state index >= 15 is 0 Å². The zero-order valence-electron chi connectivity index (χ0n) is 19.5. The fraction of sp³-hybridized carbons (Fsp3) is 0.333. The zero-order chi connectivity index (χ0) is 23.9. The van der Waals surface area contributed by atoms with Crippen LogP contribution in [0.15, 0.2) is 41.1 Å². The lowest BCUT2D eigenvalue weighted by Gasteiger charge is -2.19. The van der Waals surface area contributed by atoms with Crippen molar-refractivity contribution >= 4 is 51.4 Å². The van der Waals surface area contributed by atoms with Crippen molar-refractivity contribution in [3.8, 4) is 21.1 Å². The maximum absolute atomic E-state index is 12.1. The molecule has 0 atom stereocenters. The van der Waals surface area contributed by atoms with Gasteiger partial charge in [-0.3, -0.25) is 5.32 Å². The van der Waals surface area contributed by atoms with Crippen LogP contribution in [0.2, 0.25) is 0 Å². The van der Waals surface area contributed by atoms with E-state index in [9.17, 15) is 4.79 Å². The third-order valence-corrected chi connectivity index (χ3v) is 7.05. The quantitative estimate of drug-likeness (QED) is 0.286. The zero-order valence-corrected chi connectivity index (χ0v) is 21.1. The Balaban J connectivity index is 1.81. The number of amides is 1. The van der Waals surface area contributed by atoms with E-state index in [0.717, 1.165) is 53.0 Å². The van der Waals surface area contributed by atoms with Gasteiger partial charge in [0, 0.05) is 19.2 Å². The highest BCUT2D eigenvalue weighted by Gasteiger charge is 2.19. The summed E-state index contributed by atoms with van der Waals surface area (Å²) in [6, 6.07) is 9.88. The number of aromatic nitrogens is 3. The van der Waals surface area contributed by atoms with Crippen LogP contribution in [0.25, 0.3) is 32.3 Å². The average Bonchev–Trinajstić information content (AvgIpc) is 3.56. The summed E-state index contributed by atoms with van der Waals surface area (Å²) in [6.45, 7) is 9.92. The Hall–Kier alpha value is -3.08. The van der Waals surface area contributed by atoms with Crippen molar-refractivity contribution in [2.24, 2.45) is 0 Å². The number of carbonyl (C=O) groups is 1. The molecule has 0 aliphatic heterocycles. The summed E-state index contributed by atoms with van der Waals surface area (Å²) in [5.41, 5.74) is 3.50. The predicted molar refractivity (Wildman–Crippen MR) is 141 cm³/mol. The van der Waals surface area contributed by atoms with Gasteiger partial charge >= 0.3 is 6.09 Å². The Morgan fingerprint density at radius 3 is 2.26 bits per heavy atom. The van der Waals surface area contributed by atoms with E-state index in [4.69, 9.17) is 14.7 Å². The fourth-order valence-electron chi connectivity index (χ4n) is 3.57. The molecule has 8 nitrogen and oxygen atoms in total. The molecule has 0 aliphatic rings. The van der Waals surface area contributed by atoms with Crippen LogP contribution in [0, 0.1) is 0 Å². The van der Waals surface area contributed by atoms with Gasteiger partial charge in [-0.1, -0.05) is 26.0 Å². The molecule has 10 heteroatoms. The van der Waals surface area contributed by atoms with Crippen LogP contribution in [-0.4, -0.2) is 58.7 Å². The van der Waals surface area contributed by atoms with Gasteiger partial charge in [-0.15, -0.1) is 22.7 Å². The van der Waals surface area contributed by atoms with Crippen LogP contribution in [0.3, 0.4) is 0 Å². The van der Waals surface area contributed by atoms with Gasteiger partial charge in [-0.2, -0.15) is 0 Å². The summed E-state index contributed by atoms with van der Waals surface area (Å²) in [4.78, 5) is 31.0. The summed E-state index contributed by atoms with van der Waals surface area (Å²) in [5.74, 6) is 0.367. The lowest BCUT2D eigenvalue weighted by Crippen LogP contribution is -2.28. The predicted octanol–water partition coefficient (Wildman–Crippen LogP) is 5.80. The minimum absolute atomic E-state index is 0.279. The monoisotopic (exact) mass is 496 g/mol. The van der Waals surface area contributed by atoms with Crippen molar-refractivity contribution in [2.75, 3.05) is 43.4 Å². The SMILES string of the molecule is CCOC(=O)Nc1cc(NCCN(CC)CC)c2nc(-c3cccs3)c(-c3cccs3)nc2n1. The molecule has 0 aliphatic carbocycles. The van der Waals surface area contributed by atoms with Gasteiger partial charge in [0.25, 0.3) is 0 Å². The number of pyridine rings is 1. The van der Waals surface area contributed by atoms with E-state index in [0.29, 0.717) is 17.0 Å². The van der Waals surface area contributed by atoms with Crippen molar-refractivity contribution in [2.45, 2.75) is 20.8 Å². The highest BCUT2D eigenvalue weighted by atomic mass is 32.1. The lowest BCUT2D eigenvalue weighted by molar-refractivity contribution is 0.168. The van der Waals surface area contributed by atoms with Crippen LogP contribution >= 0.6 is 22.7 Å².